The Balaban J connectivity index is 0.000000224. The highest BCUT2D eigenvalue weighted by Gasteiger charge is 2.17. The first-order valence-electron chi connectivity index (χ1n) is 5.79. The number of halogens is 1. The molecule has 0 aliphatic carbocycles. The van der Waals surface area contributed by atoms with Crippen LogP contribution in [-0.4, -0.2) is 27.1 Å². The Kier molecular flexibility index (Phi) is 6.21. The molecule has 0 aromatic heterocycles. The minimum atomic E-state index is -1.29. The molecule has 0 bridgehead atoms. The zero-order chi connectivity index (χ0) is 16.7. The highest BCUT2D eigenvalue weighted by molar-refractivity contribution is 9.10. The summed E-state index contributed by atoms with van der Waals surface area (Å²) in [6.45, 7) is 0. The number of benzene rings is 2. The summed E-state index contributed by atoms with van der Waals surface area (Å²) in [5.41, 5.74) is -0.380. The van der Waals surface area contributed by atoms with Gasteiger partial charge in [-0.15, -0.1) is 0 Å². The van der Waals surface area contributed by atoms with Crippen LogP contribution in [0.1, 0.15) is 20.7 Å². The third kappa shape index (κ3) is 4.67. The fraction of sp³-hybridized carbons (Fsp3) is 0. The molecule has 0 unspecified atom stereocenters. The molecule has 2 aromatic rings. The van der Waals surface area contributed by atoms with Gasteiger partial charge in [-0.3, -0.25) is 10.1 Å². The summed E-state index contributed by atoms with van der Waals surface area (Å²) in [6, 6.07) is 11.9. The maximum Gasteiger partial charge on any atom is 0.342 e. The van der Waals surface area contributed by atoms with Crippen LogP contribution >= 0.6 is 15.9 Å². The van der Waals surface area contributed by atoms with Crippen molar-refractivity contribution in [2.45, 2.75) is 0 Å². The molecule has 0 spiro atoms. The van der Waals surface area contributed by atoms with Gasteiger partial charge in [0.15, 0.2) is 0 Å². The molecular weight excluding hydrogens is 358 g/mol. The average molecular weight is 368 g/mol. The van der Waals surface area contributed by atoms with Gasteiger partial charge in [0.2, 0.25) is 0 Å². The van der Waals surface area contributed by atoms with Crippen LogP contribution in [0.5, 0.6) is 0 Å². The van der Waals surface area contributed by atoms with Crippen molar-refractivity contribution < 1.29 is 24.7 Å². The minimum Gasteiger partial charge on any atom is -0.478 e. The molecule has 0 amide bonds. The van der Waals surface area contributed by atoms with E-state index in [0.717, 1.165) is 6.07 Å². The lowest BCUT2D eigenvalue weighted by Crippen LogP contribution is -2.01. The molecule has 114 valence electrons. The predicted molar refractivity (Wildman–Crippen MR) is 81.2 cm³/mol. The first-order chi connectivity index (χ1) is 10.3. The van der Waals surface area contributed by atoms with Gasteiger partial charge >= 0.3 is 11.9 Å². The van der Waals surface area contributed by atoms with Crippen molar-refractivity contribution in [3.63, 3.8) is 0 Å². The van der Waals surface area contributed by atoms with Crippen LogP contribution < -0.4 is 0 Å². The molecule has 0 atom stereocenters. The summed E-state index contributed by atoms with van der Waals surface area (Å²) in [6.07, 6.45) is 0. The van der Waals surface area contributed by atoms with Crippen LogP contribution in [0.4, 0.5) is 5.69 Å². The molecule has 0 saturated carbocycles. The highest BCUT2D eigenvalue weighted by Crippen LogP contribution is 2.17. The number of carbonyl (C=O) groups is 2. The summed E-state index contributed by atoms with van der Waals surface area (Å²) < 4.78 is 0.613. The van der Waals surface area contributed by atoms with E-state index in [1.807, 2.05) is 0 Å². The van der Waals surface area contributed by atoms with Gasteiger partial charge in [0, 0.05) is 10.5 Å². The van der Waals surface area contributed by atoms with E-state index >= 15 is 0 Å². The monoisotopic (exact) mass is 367 g/mol. The molecule has 0 aliphatic rings. The van der Waals surface area contributed by atoms with Gasteiger partial charge in [0.1, 0.15) is 5.56 Å². The third-order valence-electron chi connectivity index (χ3n) is 2.44. The summed E-state index contributed by atoms with van der Waals surface area (Å²) >= 11 is 3.12. The smallest absolute Gasteiger partial charge is 0.342 e. The van der Waals surface area contributed by atoms with E-state index in [0.29, 0.717) is 10.0 Å². The molecule has 2 N–H and O–H groups in total. The number of rotatable bonds is 3. The second kappa shape index (κ2) is 7.89. The van der Waals surface area contributed by atoms with E-state index in [2.05, 4.69) is 15.9 Å². The molecule has 0 heterocycles. The Morgan fingerprint density at radius 1 is 0.909 bits per heavy atom. The molecule has 8 heteroatoms. The minimum absolute atomic E-state index is 0.289. The highest BCUT2D eigenvalue weighted by atomic mass is 79.9. The van der Waals surface area contributed by atoms with Crippen molar-refractivity contribution in [1.82, 2.24) is 0 Å². The molecular formula is C14H10BrNO6. The topological polar surface area (TPSA) is 118 Å². The number of nitro benzene ring substituents is 1. The van der Waals surface area contributed by atoms with Gasteiger partial charge in [-0.2, -0.15) is 0 Å². The average Bonchev–Trinajstić information content (AvgIpc) is 2.48. The molecule has 0 radical (unpaired) electrons. The van der Waals surface area contributed by atoms with Crippen LogP contribution in [0.2, 0.25) is 0 Å². The molecule has 22 heavy (non-hydrogen) atoms. The Bertz CT molecular complexity index is 683. The molecule has 0 fully saturated rings. The number of carboxylic acid groups (broad SMARTS) is 2. The van der Waals surface area contributed by atoms with E-state index in [-0.39, 0.29) is 11.3 Å². The lowest BCUT2D eigenvalue weighted by molar-refractivity contribution is -0.385. The van der Waals surface area contributed by atoms with E-state index in [1.54, 1.807) is 24.3 Å². The largest absolute Gasteiger partial charge is 0.478 e. The predicted octanol–water partition coefficient (Wildman–Crippen LogP) is 3.44. The standard InChI is InChI=1S/C7H5BrO2.C7H5NO4/c8-6-4-2-1-3-5(6)7(9)10;9-7(10)5-3-1-2-4-6(5)8(11)12/h1-4H,(H,9,10);1-4H,(H,9,10). The summed E-state index contributed by atoms with van der Waals surface area (Å²) in [7, 11) is 0. The van der Waals surface area contributed by atoms with Gasteiger partial charge < -0.3 is 10.2 Å². The first-order valence-corrected chi connectivity index (χ1v) is 6.58. The zero-order valence-electron chi connectivity index (χ0n) is 11.0. The number of nitro groups is 1. The second-order valence-electron chi connectivity index (χ2n) is 3.86. The molecule has 0 saturated heterocycles. The van der Waals surface area contributed by atoms with Crippen molar-refractivity contribution in [1.29, 1.82) is 0 Å². The number of carboxylic acids is 2. The number of nitrogens with zero attached hydrogens (tertiary/aromatic N) is 1. The second-order valence-corrected chi connectivity index (χ2v) is 4.72. The lowest BCUT2D eigenvalue weighted by Gasteiger charge is -1.94. The molecule has 2 rings (SSSR count). The number of hydrogen-bond acceptors (Lipinski definition) is 4. The van der Waals surface area contributed by atoms with Crippen LogP contribution in [0.25, 0.3) is 0 Å². The summed E-state index contributed by atoms with van der Waals surface area (Å²) in [5, 5.41) is 27.3. The molecule has 0 aliphatic heterocycles. The van der Waals surface area contributed by atoms with E-state index in [9.17, 15) is 19.7 Å². The van der Waals surface area contributed by atoms with Crippen molar-refractivity contribution in [2.75, 3.05) is 0 Å². The number of aromatic carboxylic acids is 2. The van der Waals surface area contributed by atoms with E-state index < -0.39 is 16.9 Å². The maximum atomic E-state index is 10.4. The lowest BCUT2D eigenvalue weighted by atomic mass is 10.2. The third-order valence-corrected chi connectivity index (χ3v) is 3.13. The van der Waals surface area contributed by atoms with Crippen LogP contribution in [-0.2, 0) is 0 Å². The van der Waals surface area contributed by atoms with Gasteiger partial charge in [-0.1, -0.05) is 24.3 Å². The van der Waals surface area contributed by atoms with Crippen molar-refractivity contribution in [2.24, 2.45) is 0 Å². The Hall–Kier alpha value is -2.74. The van der Waals surface area contributed by atoms with Crippen LogP contribution in [0, 0.1) is 10.1 Å². The quantitative estimate of drug-likeness (QED) is 0.633. The van der Waals surface area contributed by atoms with Crippen molar-refractivity contribution in [3.05, 3.63) is 74.2 Å². The van der Waals surface area contributed by atoms with Crippen molar-refractivity contribution in [3.8, 4) is 0 Å². The van der Waals surface area contributed by atoms with Crippen molar-refractivity contribution >= 4 is 33.6 Å². The zero-order valence-corrected chi connectivity index (χ0v) is 12.6. The number of hydrogen-bond donors (Lipinski definition) is 2. The van der Waals surface area contributed by atoms with E-state index in [1.165, 1.54) is 18.2 Å². The Morgan fingerprint density at radius 2 is 1.36 bits per heavy atom. The molecule has 2 aromatic carbocycles. The van der Waals surface area contributed by atoms with E-state index in [4.69, 9.17) is 10.2 Å². The fourth-order valence-electron chi connectivity index (χ4n) is 1.45. The summed E-state index contributed by atoms with van der Waals surface area (Å²) in [4.78, 5) is 30.4. The van der Waals surface area contributed by atoms with Gasteiger partial charge in [0.05, 0.1) is 10.5 Å². The first kappa shape index (κ1) is 17.3. The SMILES string of the molecule is O=C(O)c1ccccc1Br.O=C(O)c1ccccc1[N+](=O)[O-]. The maximum absolute atomic E-state index is 10.4. The van der Waals surface area contributed by atoms with Crippen LogP contribution in [0.15, 0.2) is 53.0 Å². The van der Waals surface area contributed by atoms with Gasteiger partial charge in [-0.25, -0.2) is 9.59 Å². The Morgan fingerprint density at radius 3 is 1.73 bits per heavy atom. The molecule has 7 nitrogen and oxygen atoms in total. The van der Waals surface area contributed by atoms with Gasteiger partial charge in [0.25, 0.3) is 5.69 Å². The Labute approximate surface area is 133 Å². The van der Waals surface area contributed by atoms with Gasteiger partial charge in [-0.05, 0) is 34.1 Å². The number of para-hydroxylation sites is 1. The summed E-state index contributed by atoms with van der Waals surface area (Å²) in [5.74, 6) is -2.20. The fourth-order valence-corrected chi connectivity index (χ4v) is 1.90. The normalized spacial score (nSPS) is 9.32. The van der Waals surface area contributed by atoms with Crippen LogP contribution in [0.3, 0.4) is 0 Å².